The van der Waals surface area contributed by atoms with Gasteiger partial charge in [0.1, 0.15) is 6.61 Å². The second kappa shape index (κ2) is 9.85. The summed E-state index contributed by atoms with van der Waals surface area (Å²) in [4.78, 5) is 15.5. The maximum Gasteiger partial charge on any atom is 0.243 e. The van der Waals surface area contributed by atoms with Gasteiger partial charge in [0, 0.05) is 49.9 Å². The van der Waals surface area contributed by atoms with E-state index >= 15 is 0 Å². The first-order valence-corrected chi connectivity index (χ1v) is 9.64. The second-order valence-corrected chi connectivity index (χ2v) is 7.22. The van der Waals surface area contributed by atoms with Crippen LogP contribution in [0.2, 0.25) is 5.02 Å². The Labute approximate surface area is 165 Å². The van der Waals surface area contributed by atoms with E-state index in [0.717, 1.165) is 55.4 Å². The SMILES string of the molecule is NC(=O)COCCN1CCN(Cc2ccc(-c3ccccc3Cl)cc2)CC1. The molecule has 0 radical (unpaired) electrons. The van der Waals surface area contributed by atoms with Gasteiger partial charge in [-0.3, -0.25) is 14.6 Å². The van der Waals surface area contributed by atoms with Crippen LogP contribution in [0.4, 0.5) is 0 Å². The zero-order valence-corrected chi connectivity index (χ0v) is 16.2. The lowest BCUT2D eigenvalue weighted by Crippen LogP contribution is -2.46. The number of carbonyl (C=O) groups excluding carboxylic acids is 1. The molecule has 0 saturated carbocycles. The summed E-state index contributed by atoms with van der Waals surface area (Å²) >= 11 is 6.28. The normalized spacial score (nSPS) is 15.7. The number of hydrogen-bond acceptors (Lipinski definition) is 4. The molecule has 5 nitrogen and oxygen atoms in total. The summed E-state index contributed by atoms with van der Waals surface area (Å²) in [5.74, 6) is -0.416. The molecule has 1 fully saturated rings. The number of benzene rings is 2. The number of rotatable bonds is 8. The zero-order valence-electron chi connectivity index (χ0n) is 15.4. The molecule has 3 rings (SSSR count). The van der Waals surface area contributed by atoms with Crippen molar-refractivity contribution < 1.29 is 9.53 Å². The fourth-order valence-corrected chi connectivity index (χ4v) is 3.53. The Bertz CT molecular complexity index is 743. The Morgan fingerprint density at radius 1 is 1.00 bits per heavy atom. The number of amides is 1. The lowest BCUT2D eigenvalue weighted by atomic mass is 10.0. The van der Waals surface area contributed by atoms with E-state index in [1.807, 2.05) is 24.3 Å². The summed E-state index contributed by atoms with van der Waals surface area (Å²) in [5.41, 5.74) is 8.58. The van der Waals surface area contributed by atoms with Crippen molar-refractivity contribution in [1.29, 1.82) is 0 Å². The number of nitrogens with zero attached hydrogens (tertiary/aromatic N) is 2. The van der Waals surface area contributed by atoms with Gasteiger partial charge in [-0.05, 0) is 17.2 Å². The average molecular weight is 388 g/mol. The Morgan fingerprint density at radius 3 is 2.33 bits per heavy atom. The molecule has 6 heteroatoms. The molecule has 1 aliphatic heterocycles. The minimum atomic E-state index is -0.416. The number of piperazine rings is 1. The minimum Gasteiger partial charge on any atom is -0.370 e. The minimum absolute atomic E-state index is 0.00412. The molecule has 1 aliphatic rings. The van der Waals surface area contributed by atoms with Gasteiger partial charge in [-0.15, -0.1) is 0 Å². The molecule has 1 heterocycles. The average Bonchev–Trinajstić information content (AvgIpc) is 2.67. The highest BCUT2D eigenvalue weighted by molar-refractivity contribution is 6.33. The molecule has 0 unspecified atom stereocenters. The second-order valence-electron chi connectivity index (χ2n) is 6.81. The molecule has 0 aliphatic carbocycles. The fraction of sp³-hybridized carbons (Fsp3) is 0.381. The predicted molar refractivity (Wildman–Crippen MR) is 109 cm³/mol. The van der Waals surface area contributed by atoms with Crippen molar-refractivity contribution in [2.75, 3.05) is 45.9 Å². The third-order valence-electron chi connectivity index (χ3n) is 4.81. The van der Waals surface area contributed by atoms with Crippen LogP contribution in [0.1, 0.15) is 5.56 Å². The topological polar surface area (TPSA) is 58.8 Å². The third kappa shape index (κ3) is 6.04. The van der Waals surface area contributed by atoms with Crippen molar-refractivity contribution in [3.05, 3.63) is 59.1 Å². The van der Waals surface area contributed by atoms with Gasteiger partial charge in [-0.2, -0.15) is 0 Å². The van der Waals surface area contributed by atoms with Gasteiger partial charge in [0.25, 0.3) is 0 Å². The summed E-state index contributed by atoms with van der Waals surface area (Å²) in [7, 11) is 0. The maximum absolute atomic E-state index is 10.7. The van der Waals surface area contributed by atoms with Crippen molar-refractivity contribution in [3.8, 4) is 11.1 Å². The molecule has 27 heavy (non-hydrogen) atoms. The Hall–Kier alpha value is -1.92. The van der Waals surface area contributed by atoms with Crippen LogP contribution in [-0.2, 0) is 16.1 Å². The number of nitrogens with two attached hydrogens (primary N) is 1. The molecule has 1 amide bonds. The largest absolute Gasteiger partial charge is 0.370 e. The summed E-state index contributed by atoms with van der Waals surface area (Å²) < 4.78 is 5.24. The van der Waals surface area contributed by atoms with Crippen LogP contribution in [0.25, 0.3) is 11.1 Å². The van der Waals surface area contributed by atoms with Crippen LogP contribution in [0.3, 0.4) is 0 Å². The lowest BCUT2D eigenvalue weighted by molar-refractivity contribution is -0.122. The highest BCUT2D eigenvalue weighted by Crippen LogP contribution is 2.27. The van der Waals surface area contributed by atoms with Crippen molar-refractivity contribution in [2.45, 2.75) is 6.54 Å². The molecule has 144 valence electrons. The van der Waals surface area contributed by atoms with E-state index < -0.39 is 5.91 Å². The predicted octanol–water partition coefficient (Wildman–Crippen LogP) is 2.63. The Balaban J connectivity index is 1.44. The quantitative estimate of drug-likeness (QED) is 0.707. The van der Waals surface area contributed by atoms with Gasteiger partial charge in [-0.1, -0.05) is 54.1 Å². The van der Waals surface area contributed by atoms with Crippen molar-refractivity contribution in [2.24, 2.45) is 5.73 Å². The van der Waals surface area contributed by atoms with Crippen molar-refractivity contribution in [3.63, 3.8) is 0 Å². The van der Waals surface area contributed by atoms with E-state index in [-0.39, 0.29) is 6.61 Å². The highest BCUT2D eigenvalue weighted by Gasteiger charge is 2.16. The molecule has 0 spiro atoms. The first kappa shape index (κ1) is 19.8. The third-order valence-corrected chi connectivity index (χ3v) is 5.14. The Morgan fingerprint density at radius 2 is 1.67 bits per heavy atom. The molecular formula is C21H26ClN3O2. The van der Waals surface area contributed by atoms with Crippen LogP contribution >= 0.6 is 11.6 Å². The summed E-state index contributed by atoms with van der Waals surface area (Å²) in [5, 5.41) is 0.779. The standard InChI is InChI=1S/C21H26ClN3O2/c22-20-4-2-1-3-19(20)18-7-5-17(6-8-18)15-25-11-9-24(10-12-25)13-14-27-16-21(23)26/h1-8H,9-16H2,(H2,23,26). The molecule has 0 aromatic heterocycles. The number of carbonyl (C=O) groups is 1. The molecule has 0 bridgehead atoms. The number of ether oxygens (including phenoxy) is 1. The van der Waals surface area contributed by atoms with E-state index in [0.29, 0.717) is 6.61 Å². The van der Waals surface area contributed by atoms with Crippen LogP contribution in [-0.4, -0.2) is 61.6 Å². The molecule has 2 N–H and O–H groups in total. The maximum atomic E-state index is 10.7. The molecule has 2 aromatic rings. The first-order valence-electron chi connectivity index (χ1n) is 9.26. The van der Waals surface area contributed by atoms with Gasteiger partial charge in [0.15, 0.2) is 0 Å². The smallest absolute Gasteiger partial charge is 0.243 e. The fourth-order valence-electron chi connectivity index (χ4n) is 3.28. The van der Waals surface area contributed by atoms with E-state index in [9.17, 15) is 4.79 Å². The van der Waals surface area contributed by atoms with Gasteiger partial charge < -0.3 is 10.5 Å². The zero-order chi connectivity index (χ0) is 19.1. The van der Waals surface area contributed by atoms with Gasteiger partial charge >= 0.3 is 0 Å². The summed E-state index contributed by atoms with van der Waals surface area (Å²) in [6.07, 6.45) is 0. The van der Waals surface area contributed by atoms with E-state index in [1.54, 1.807) is 0 Å². The van der Waals surface area contributed by atoms with Gasteiger partial charge in [0.05, 0.1) is 6.61 Å². The first-order chi connectivity index (χ1) is 13.1. The van der Waals surface area contributed by atoms with Crippen molar-refractivity contribution in [1.82, 2.24) is 9.80 Å². The summed E-state index contributed by atoms with van der Waals surface area (Å²) in [6, 6.07) is 16.6. The Kier molecular flexibility index (Phi) is 7.24. The number of halogens is 1. The van der Waals surface area contributed by atoms with Crippen molar-refractivity contribution >= 4 is 17.5 Å². The van der Waals surface area contributed by atoms with Gasteiger partial charge in [-0.25, -0.2) is 0 Å². The monoisotopic (exact) mass is 387 g/mol. The molecule has 2 aromatic carbocycles. The van der Waals surface area contributed by atoms with Gasteiger partial charge in [0.2, 0.25) is 5.91 Å². The van der Waals surface area contributed by atoms with Crippen LogP contribution in [0.15, 0.2) is 48.5 Å². The molecular weight excluding hydrogens is 362 g/mol. The number of hydrogen-bond donors (Lipinski definition) is 1. The molecule has 0 atom stereocenters. The van der Waals surface area contributed by atoms with Crippen LogP contribution in [0, 0.1) is 0 Å². The van der Waals surface area contributed by atoms with E-state index in [1.165, 1.54) is 5.56 Å². The molecule has 1 saturated heterocycles. The highest BCUT2D eigenvalue weighted by atomic mass is 35.5. The lowest BCUT2D eigenvalue weighted by Gasteiger charge is -2.34. The number of primary amides is 1. The summed E-state index contributed by atoms with van der Waals surface area (Å²) in [6.45, 7) is 6.43. The van der Waals surface area contributed by atoms with Crippen LogP contribution < -0.4 is 5.73 Å². The van der Waals surface area contributed by atoms with E-state index in [2.05, 4.69) is 34.1 Å². The van der Waals surface area contributed by atoms with E-state index in [4.69, 9.17) is 22.1 Å². The van der Waals surface area contributed by atoms with Crippen LogP contribution in [0.5, 0.6) is 0 Å².